The van der Waals surface area contributed by atoms with Crippen molar-refractivity contribution in [2.24, 2.45) is 0 Å². The standard InChI is InChI=1S/C28H23ClN2O4S/c1-17-5-10-22(11-6-17)36(33,34)31-28(32)21-9-12-26-24(15-21)23(18(2)30-26)14-19-7-8-20(16-25(19)29)27-4-3-13-35-27/h3-13,15-16,30H,14H2,1-2H3,(H,31,32). The molecule has 2 heterocycles. The molecule has 0 saturated heterocycles. The first-order valence-corrected chi connectivity index (χ1v) is 13.1. The first kappa shape index (κ1) is 23.9. The van der Waals surface area contributed by atoms with Crippen LogP contribution >= 0.6 is 11.6 Å². The van der Waals surface area contributed by atoms with Gasteiger partial charge in [-0.1, -0.05) is 41.4 Å². The maximum absolute atomic E-state index is 12.9. The average molecular weight is 519 g/mol. The lowest BCUT2D eigenvalue weighted by molar-refractivity contribution is 0.0981. The smallest absolute Gasteiger partial charge is 0.265 e. The summed E-state index contributed by atoms with van der Waals surface area (Å²) in [7, 11) is -3.99. The topological polar surface area (TPSA) is 92.2 Å². The number of aryl methyl sites for hydroxylation is 2. The number of aromatic nitrogens is 1. The molecule has 0 saturated carbocycles. The molecule has 8 heteroatoms. The SMILES string of the molecule is Cc1ccc(S(=O)(=O)NC(=O)c2ccc3[nH]c(C)c(Cc4ccc(-c5ccco5)cc4Cl)c3c2)cc1. The van der Waals surface area contributed by atoms with Crippen molar-refractivity contribution in [2.45, 2.75) is 25.2 Å². The number of aromatic amines is 1. The highest BCUT2D eigenvalue weighted by Crippen LogP contribution is 2.31. The van der Waals surface area contributed by atoms with E-state index in [1.54, 1.807) is 36.6 Å². The fraction of sp³-hybridized carbons (Fsp3) is 0.107. The number of sulfonamides is 1. The van der Waals surface area contributed by atoms with E-state index in [0.29, 0.717) is 11.4 Å². The zero-order valence-corrected chi connectivity index (χ0v) is 21.2. The molecule has 0 atom stereocenters. The van der Waals surface area contributed by atoms with Crippen LogP contribution in [-0.4, -0.2) is 19.3 Å². The van der Waals surface area contributed by atoms with Crippen molar-refractivity contribution in [2.75, 3.05) is 0 Å². The third-order valence-electron chi connectivity index (χ3n) is 6.17. The summed E-state index contributed by atoms with van der Waals surface area (Å²) in [6.07, 6.45) is 2.15. The van der Waals surface area contributed by atoms with Gasteiger partial charge in [-0.05, 0) is 73.5 Å². The van der Waals surface area contributed by atoms with Crippen molar-refractivity contribution in [3.05, 3.63) is 112 Å². The molecular weight excluding hydrogens is 496 g/mol. The second-order valence-corrected chi connectivity index (χ2v) is 10.8. The molecule has 0 unspecified atom stereocenters. The molecule has 6 nitrogen and oxygen atoms in total. The average Bonchev–Trinajstić information content (AvgIpc) is 3.48. The molecule has 5 aromatic rings. The van der Waals surface area contributed by atoms with Gasteiger partial charge in [0.15, 0.2) is 0 Å². The fourth-order valence-corrected chi connectivity index (χ4v) is 5.41. The fourth-order valence-electron chi connectivity index (χ4n) is 4.19. The van der Waals surface area contributed by atoms with Crippen LogP contribution in [0.25, 0.3) is 22.2 Å². The van der Waals surface area contributed by atoms with E-state index in [-0.39, 0.29) is 10.5 Å². The Labute approximate surface area is 214 Å². The number of carbonyl (C=O) groups is 1. The monoisotopic (exact) mass is 518 g/mol. The van der Waals surface area contributed by atoms with Gasteiger partial charge in [-0.3, -0.25) is 4.79 Å². The van der Waals surface area contributed by atoms with Crippen molar-refractivity contribution in [1.82, 2.24) is 9.71 Å². The summed E-state index contributed by atoms with van der Waals surface area (Å²) < 4.78 is 33.0. The number of hydrogen-bond donors (Lipinski definition) is 2. The quantitative estimate of drug-likeness (QED) is 0.272. The van der Waals surface area contributed by atoms with Crippen molar-refractivity contribution in [3.8, 4) is 11.3 Å². The molecule has 0 aliphatic heterocycles. The van der Waals surface area contributed by atoms with Crippen LogP contribution in [0.5, 0.6) is 0 Å². The number of fused-ring (bicyclic) bond motifs is 1. The van der Waals surface area contributed by atoms with E-state index in [4.69, 9.17) is 16.0 Å². The van der Waals surface area contributed by atoms with Crippen LogP contribution in [0.4, 0.5) is 0 Å². The van der Waals surface area contributed by atoms with Crippen molar-refractivity contribution in [3.63, 3.8) is 0 Å². The van der Waals surface area contributed by atoms with Crippen LogP contribution in [0.3, 0.4) is 0 Å². The second-order valence-electron chi connectivity index (χ2n) is 8.70. The Bertz CT molecular complexity index is 1690. The molecule has 0 aliphatic rings. The van der Waals surface area contributed by atoms with Gasteiger partial charge < -0.3 is 9.40 Å². The molecule has 182 valence electrons. The maximum Gasteiger partial charge on any atom is 0.265 e. The summed E-state index contributed by atoms with van der Waals surface area (Å²) in [5, 5.41) is 1.44. The summed E-state index contributed by atoms with van der Waals surface area (Å²) in [5.41, 5.74) is 5.76. The van der Waals surface area contributed by atoms with Crippen LogP contribution in [0.1, 0.15) is 32.7 Å². The molecule has 2 N–H and O–H groups in total. The number of furan rings is 1. The number of carbonyl (C=O) groups excluding carboxylic acids is 1. The number of halogens is 1. The van der Waals surface area contributed by atoms with Gasteiger partial charge in [0.05, 0.1) is 11.2 Å². The van der Waals surface area contributed by atoms with Gasteiger partial charge in [0, 0.05) is 39.2 Å². The summed E-state index contributed by atoms with van der Waals surface area (Å²) in [6, 6.07) is 20.9. The number of nitrogens with one attached hydrogen (secondary N) is 2. The normalized spacial score (nSPS) is 11.6. The minimum Gasteiger partial charge on any atom is -0.464 e. The molecule has 2 aromatic heterocycles. The minimum atomic E-state index is -3.99. The summed E-state index contributed by atoms with van der Waals surface area (Å²) in [4.78, 5) is 16.3. The van der Waals surface area contributed by atoms with Crippen LogP contribution in [0.15, 0.2) is 88.4 Å². The van der Waals surface area contributed by atoms with Crippen molar-refractivity contribution >= 4 is 38.4 Å². The number of benzene rings is 3. The molecule has 0 aliphatic carbocycles. The summed E-state index contributed by atoms with van der Waals surface area (Å²) in [5.74, 6) is 0.0473. The van der Waals surface area contributed by atoms with Crippen LogP contribution < -0.4 is 4.72 Å². The predicted molar refractivity (Wildman–Crippen MR) is 141 cm³/mol. The van der Waals surface area contributed by atoms with E-state index in [1.165, 1.54) is 12.1 Å². The zero-order chi connectivity index (χ0) is 25.4. The summed E-state index contributed by atoms with van der Waals surface area (Å²) >= 11 is 6.61. The van der Waals surface area contributed by atoms with E-state index in [9.17, 15) is 13.2 Å². The van der Waals surface area contributed by atoms with E-state index in [2.05, 4.69) is 9.71 Å². The molecule has 1 amide bonds. The lowest BCUT2D eigenvalue weighted by Crippen LogP contribution is -2.30. The van der Waals surface area contributed by atoms with Crippen LogP contribution in [-0.2, 0) is 16.4 Å². The van der Waals surface area contributed by atoms with Gasteiger partial charge in [-0.15, -0.1) is 0 Å². The Hall–Kier alpha value is -3.81. The third kappa shape index (κ3) is 4.67. The van der Waals surface area contributed by atoms with E-state index in [1.807, 2.05) is 44.2 Å². The first-order chi connectivity index (χ1) is 17.2. The Morgan fingerprint density at radius 1 is 1.00 bits per heavy atom. The Morgan fingerprint density at radius 3 is 2.47 bits per heavy atom. The van der Waals surface area contributed by atoms with Gasteiger partial charge in [0.1, 0.15) is 5.76 Å². The van der Waals surface area contributed by atoms with E-state index >= 15 is 0 Å². The zero-order valence-electron chi connectivity index (χ0n) is 19.6. The van der Waals surface area contributed by atoms with Gasteiger partial charge >= 0.3 is 0 Å². The van der Waals surface area contributed by atoms with Crippen LogP contribution in [0.2, 0.25) is 5.02 Å². The molecule has 0 radical (unpaired) electrons. The van der Waals surface area contributed by atoms with Gasteiger partial charge in [-0.2, -0.15) is 0 Å². The molecule has 5 rings (SSSR count). The maximum atomic E-state index is 12.9. The molecular formula is C28H23ClN2O4S. The lowest BCUT2D eigenvalue weighted by atomic mass is 9.99. The predicted octanol–water partition coefficient (Wildman–Crippen LogP) is 6.41. The highest BCUT2D eigenvalue weighted by Gasteiger charge is 2.20. The highest BCUT2D eigenvalue weighted by molar-refractivity contribution is 7.90. The molecule has 0 fully saturated rings. The number of hydrogen-bond acceptors (Lipinski definition) is 4. The first-order valence-electron chi connectivity index (χ1n) is 11.3. The molecule has 36 heavy (non-hydrogen) atoms. The van der Waals surface area contributed by atoms with Gasteiger partial charge in [0.25, 0.3) is 15.9 Å². The minimum absolute atomic E-state index is 0.0355. The summed E-state index contributed by atoms with van der Waals surface area (Å²) in [6.45, 7) is 3.82. The van der Waals surface area contributed by atoms with Crippen molar-refractivity contribution in [1.29, 1.82) is 0 Å². The Balaban J connectivity index is 1.43. The van der Waals surface area contributed by atoms with E-state index in [0.717, 1.165) is 44.6 Å². The third-order valence-corrected chi connectivity index (χ3v) is 7.86. The van der Waals surface area contributed by atoms with Gasteiger partial charge in [-0.25, -0.2) is 13.1 Å². The largest absolute Gasteiger partial charge is 0.464 e. The highest BCUT2D eigenvalue weighted by atomic mass is 35.5. The number of amides is 1. The number of rotatable bonds is 6. The molecule has 0 spiro atoms. The van der Waals surface area contributed by atoms with E-state index < -0.39 is 15.9 Å². The second kappa shape index (κ2) is 9.33. The Morgan fingerprint density at radius 2 is 1.78 bits per heavy atom. The van der Waals surface area contributed by atoms with Crippen molar-refractivity contribution < 1.29 is 17.6 Å². The molecule has 3 aromatic carbocycles. The number of H-pyrrole nitrogens is 1. The Kier molecular flexibility index (Phi) is 6.20. The van der Waals surface area contributed by atoms with Crippen LogP contribution in [0, 0.1) is 13.8 Å². The lowest BCUT2D eigenvalue weighted by Gasteiger charge is -2.09. The van der Waals surface area contributed by atoms with Gasteiger partial charge in [0.2, 0.25) is 0 Å². The molecule has 0 bridgehead atoms.